The Morgan fingerprint density at radius 2 is 1.90 bits per heavy atom. The van der Waals surface area contributed by atoms with Crippen molar-refractivity contribution in [1.82, 2.24) is 5.43 Å². The Morgan fingerprint density at radius 3 is 2.52 bits per heavy atom. The molecule has 9 nitrogen and oxygen atoms in total. The summed E-state index contributed by atoms with van der Waals surface area (Å²) in [6, 6.07) is 8.87. The van der Waals surface area contributed by atoms with Gasteiger partial charge in [0, 0.05) is 11.6 Å². The normalized spacial score (nSPS) is 10.6. The van der Waals surface area contributed by atoms with E-state index in [4.69, 9.17) is 27.9 Å². The highest BCUT2D eigenvalue weighted by atomic mass is 35.5. The highest BCUT2D eigenvalue weighted by molar-refractivity contribution is 6.37. The molecule has 0 bridgehead atoms. The molecule has 0 saturated heterocycles. The monoisotopic (exact) mass is 439 g/mol. The lowest BCUT2D eigenvalue weighted by molar-refractivity contribution is -0.385. The molecular weight excluding hydrogens is 425 g/mol. The fraction of sp³-hybridized carbons (Fsp3) is 0.167. The summed E-state index contributed by atoms with van der Waals surface area (Å²) in [6.45, 7) is -0.356. The van der Waals surface area contributed by atoms with Gasteiger partial charge in [0.1, 0.15) is 0 Å². The van der Waals surface area contributed by atoms with Crippen LogP contribution in [0, 0.1) is 10.1 Å². The van der Waals surface area contributed by atoms with Gasteiger partial charge in [0.2, 0.25) is 5.91 Å². The fourth-order valence-electron chi connectivity index (χ4n) is 2.21. The van der Waals surface area contributed by atoms with Gasteiger partial charge in [-0.3, -0.25) is 14.9 Å². The zero-order chi connectivity index (χ0) is 21.4. The van der Waals surface area contributed by atoms with Crippen LogP contribution in [0.5, 0.6) is 5.75 Å². The molecule has 1 amide bonds. The van der Waals surface area contributed by atoms with Crippen LogP contribution in [0.15, 0.2) is 41.5 Å². The third kappa shape index (κ3) is 6.44. The average Bonchev–Trinajstić information content (AvgIpc) is 2.67. The number of nitro benzene ring substituents is 1. The Morgan fingerprint density at radius 1 is 1.24 bits per heavy atom. The Hall–Kier alpha value is -3.17. The topological polar surface area (TPSA) is 120 Å². The lowest BCUT2D eigenvalue weighted by Crippen LogP contribution is -2.20. The first-order valence-electron chi connectivity index (χ1n) is 8.04. The number of carbonyl (C=O) groups excluding carboxylic acids is 2. The van der Waals surface area contributed by atoms with Crippen LogP contribution in [0.25, 0.3) is 0 Å². The molecule has 0 spiro atoms. The van der Waals surface area contributed by atoms with Gasteiger partial charge in [-0.15, -0.1) is 0 Å². The van der Waals surface area contributed by atoms with E-state index in [1.54, 1.807) is 6.07 Å². The number of rotatable bonds is 8. The van der Waals surface area contributed by atoms with Crippen molar-refractivity contribution in [3.63, 3.8) is 0 Å². The highest BCUT2D eigenvalue weighted by Gasteiger charge is 2.15. The van der Waals surface area contributed by atoms with E-state index < -0.39 is 16.8 Å². The lowest BCUT2D eigenvalue weighted by Gasteiger charge is -2.09. The quantitative estimate of drug-likeness (QED) is 0.292. The summed E-state index contributed by atoms with van der Waals surface area (Å²) in [7, 11) is 1.22. The Balaban J connectivity index is 2.00. The number of hydrogen-bond donors (Lipinski definition) is 1. The summed E-state index contributed by atoms with van der Waals surface area (Å²) in [6.07, 6.45) is 1.08. The van der Waals surface area contributed by atoms with E-state index in [9.17, 15) is 19.7 Å². The molecule has 2 aromatic carbocycles. The molecule has 0 fully saturated rings. The number of ether oxygens (including phenoxy) is 2. The second-order valence-corrected chi connectivity index (χ2v) is 6.35. The van der Waals surface area contributed by atoms with Crippen LogP contribution >= 0.6 is 23.2 Å². The average molecular weight is 440 g/mol. The number of esters is 1. The van der Waals surface area contributed by atoms with E-state index in [1.807, 2.05) is 0 Å². The van der Waals surface area contributed by atoms with E-state index in [0.29, 0.717) is 5.56 Å². The van der Waals surface area contributed by atoms with Crippen LogP contribution in [0.1, 0.15) is 11.1 Å². The molecular formula is C18H15Cl2N3O6. The maximum absolute atomic E-state index is 12.0. The predicted octanol–water partition coefficient (Wildman–Crippen LogP) is 3.15. The molecule has 0 heterocycles. The number of hydrazone groups is 1. The van der Waals surface area contributed by atoms with Crippen LogP contribution in [-0.2, 0) is 20.7 Å². The predicted molar refractivity (Wildman–Crippen MR) is 107 cm³/mol. The number of nitro groups is 1. The number of amides is 1. The smallest absolute Gasteiger partial charge is 0.343 e. The van der Waals surface area contributed by atoms with Gasteiger partial charge in [0.15, 0.2) is 12.4 Å². The molecule has 0 saturated carbocycles. The maximum atomic E-state index is 12.0. The van der Waals surface area contributed by atoms with E-state index in [1.165, 1.54) is 43.7 Å². The standard InChI is InChI=1S/C18H15Cl2N3O6/c1-28-17(25)10-29-18-13(19)6-11(7-14(18)20)9-21-22-16(24)8-12-4-2-3-5-15(12)23(26)27/h2-7,9H,8,10H2,1H3,(H,22,24)/b21-9+. The number of halogens is 2. The summed E-state index contributed by atoms with van der Waals surface area (Å²) in [4.78, 5) is 33.5. The third-order valence-corrected chi connectivity index (χ3v) is 4.09. The zero-order valence-corrected chi connectivity index (χ0v) is 16.6. The van der Waals surface area contributed by atoms with Crippen LogP contribution in [0.4, 0.5) is 5.69 Å². The number of nitrogens with one attached hydrogen (secondary N) is 1. The number of para-hydroxylation sites is 1. The Labute approximate surface area is 175 Å². The highest BCUT2D eigenvalue weighted by Crippen LogP contribution is 2.33. The minimum Gasteiger partial charge on any atom is -0.479 e. The minimum atomic E-state index is -0.593. The van der Waals surface area contributed by atoms with Crippen molar-refractivity contribution in [1.29, 1.82) is 0 Å². The summed E-state index contributed by atoms with van der Waals surface area (Å²) in [5.74, 6) is -1.02. The molecule has 0 aromatic heterocycles. The number of carbonyl (C=O) groups is 2. The first kappa shape index (κ1) is 22.1. The lowest BCUT2D eigenvalue weighted by atomic mass is 10.1. The van der Waals surface area contributed by atoms with Gasteiger partial charge in [0.25, 0.3) is 5.69 Å². The summed E-state index contributed by atoms with van der Waals surface area (Å²) in [5, 5.41) is 15.0. The van der Waals surface area contributed by atoms with Crippen LogP contribution < -0.4 is 10.2 Å². The van der Waals surface area contributed by atoms with Crippen LogP contribution in [-0.4, -0.2) is 36.7 Å². The van der Waals surface area contributed by atoms with Crippen LogP contribution in [0.2, 0.25) is 10.0 Å². The van der Waals surface area contributed by atoms with E-state index in [0.717, 1.165) is 0 Å². The molecule has 0 aliphatic carbocycles. The van der Waals surface area contributed by atoms with Gasteiger partial charge >= 0.3 is 5.97 Å². The summed E-state index contributed by atoms with van der Waals surface area (Å²) >= 11 is 12.2. The van der Waals surface area contributed by atoms with Crippen molar-refractivity contribution in [3.8, 4) is 5.75 Å². The van der Waals surface area contributed by atoms with Crippen LogP contribution in [0.3, 0.4) is 0 Å². The van der Waals surface area contributed by atoms with Crippen molar-refractivity contribution in [2.75, 3.05) is 13.7 Å². The van der Waals surface area contributed by atoms with E-state index in [2.05, 4.69) is 15.3 Å². The fourth-order valence-corrected chi connectivity index (χ4v) is 2.82. The second kappa shape index (κ2) is 10.4. The molecule has 0 radical (unpaired) electrons. The van der Waals surface area contributed by atoms with Crippen molar-refractivity contribution in [3.05, 3.63) is 67.7 Å². The van der Waals surface area contributed by atoms with Crippen molar-refractivity contribution in [2.45, 2.75) is 6.42 Å². The third-order valence-electron chi connectivity index (χ3n) is 3.52. The number of nitrogens with zero attached hydrogens (tertiary/aromatic N) is 2. The zero-order valence-electron chi connectivity index (χ0n) is 15.1. The van der Waals surface area contributed by atoms with Gasteiger partial charge in [-0.2, -0.15) is 5.10 Å². The van der Waals surface area contributed by atoms with Gasteiger partial charge in [-0.05, 0) is 17.7 Å². The van der Waals surface area contributed by atoms with Crippen molar-refractivity contribution < 1.29 is 24.0 Å². The summed E-state index contributed by atoms with van der Waals surface area (Å²) in [5.41, 5.74) is 2.85. The van der Waals surface area contributed by atoms with Crippen molar-refractivity contribution >= 4 is 47.0 Å². The largest absolute Gasteiger partial charge is 0.479 e. The minimum absolute atomic E-state index is 0.108. The Kier molecular flexibility index (Phi) is 7.93. The molecule has 1 N–H and O–H groups in total. The summed E-state index contributed by atoms with van der Waals surface area (Å²) < 4.78 is 9.67. The molecule has 0 aliphatic rings. The molecule has 0 atom stereocenters. The molecule has 2 aromatic rings. The van der Waals surface area contributed by atoms with Gasteiger partial charge in [-0.1, -0.05) is 41.4 Å². The van der Waals surface area contributed by atoms with E-state index >= 15 is 0 Å². The SMILES string of the molecule is COC(=O)COc1c(Cl)cc(/C=N/NC(=O)Cc2ccccc2[N+](=O)[O-])cc1Cl. The number of methoxy groups -OCH3 is 1. The molecule has 0 unspecified atom stereocenters. The molecule has 152 valence electrons. The maximum Gasteiger partial charge on any atom is 0.343 e. The molecule has 11 heteroatoms. The van der Waals surface area contributed by atoms with Crippen molar-refractivity contribution in [2.24, 2.45) is 5.10 Å². The Bertz CT molecular complexity index is 941. The number of hydrogen-bond acceptors (Lipinski definition) is 7. The second-order valence-electron chi connectivity index (χ2n) is 5.53. The van der Waals surface area contributed by atoms with Gasteiger partial charge in [0.05, 0.1) is 34.7 Å². The van der Waals surface area contributed by atoms with Gasteiger partial charge in [-0.25, -0.2) is 10.2 Å². The van der Waals surface area contributed by atoms with Gasteiger partial charge < -0.3 is 9.47 Å². The van der Waals surface area contributed by atoms with E-state index in [-0.39, 0.29) is 40.1 Å². The molecule has 2 rings (SSSR count). The molecule has 29 heavy (non-hydrogen) atoms. The number of benzene rings is 2. The molecule has 0 aliphatic heterocycles. The first-order chi connectivity index (χ1) is 13.8. The first-order valence-corrected chi connectivity index (χ1v) is 8.80.